The summed E-state index contributed by atoms with van der Waals surface area (Å²) in [6, 6.07) is 7.04. The van der Waals surface area contributed by atoms with Crippen LogP contribution in [0.1, 0.15) is 11.1 Å². The molecule has 0 amide bonds. The molecule has 5 heteroatoms. The Labute approximate surface area is 117 Å². The van der Waals surface area contributed by atoms with Gasteiger partial charge >= 0.3 is 0 Å². The van der Waals surface area contributed by atoms with Gasteiger partial charge in [0.2, 0.25) is 0 Å². The molecule has 0 atom stereocenters. The SMILES string of the molecule is CNCc1ccnc(Oc2ccc(C)cc2OC)c1F. The normalized spacial score (nSPS) is 10.4. The molecule has 0 aliphatic carbocycles. The third-order valence-corrected chi connectivity index (χ3v) is 2.83. The summed E-state index contributed by atoms with van der Waals surface area (Å²) in [6.45, 7) is 2.36. The highest BCUT2D eigenvalue weighted by Crippen LogP contribution is 2.32. The van der Waals surface area contributed by atoms with E-state index in [2.05, 4.69) is 10.3 Å². The number of methoxy groups -OCH3 is 1. The molecule has 4 nitrogen and oxygen atoms in total. The Bertz CT molecular complexity index is 602. The van der Waals surface area contributed by atoms with E-state index in [1.807, 2.05) is 19.1 Å². The number of benzene rings is 1. The third kappa shape index (κ3) is 3.05. The van der Waals surface area contributed by atoms with Crippen molar-refractivity contribution in [2.45, 2.75) is 13.5 Å². The number of hydrogen-bond donors (Lipinski definition) is 1. The van der Waals surface area contributed by atoms with Crippen LogP contribution in [0.25, 0.3) is 0 Å². The fourth-order valence-electron chi connectivity index (χ4n) is 1.82. The van der Waals surface area contributed by atoms with Crippen molar-refractivity contribution in [3.63, 3.8) is 0 Å². The fraction of sp³-hybridized carbons (Fsp3) is 0.267. The predicted molar refractivity (Wildman–Crippen MR) is 74.8 cm³/mol. The van der Waals surface area contributed by atoms with Crippen molar-refractivity contribution in [3.05, 3.63) is 47.4 Å². The first kappa shape index (κ1) is 14.3. The van der Waals surface area contributed by atoms with Gasteiger partial charge in [-0.05, 0) is 37.7 Å². The maximum Gasteiger partial charge on any atom is 0.256 e. The lowest BCUT2D eigenvalue weighted by atomic mass is 10.2. The van der Waals surface area contributed by atoms with Gasteiger partial charge in [0.05, 0.1) is 7.11 Å². The van der Waals surface area contributed by atoms with Crippen LogP contribution in [-0.2, 0) is 6.54 Å². The van der Waals surface area contributed by atoms with Crippen LogP contribution in [0, 0.1) is 12.7 Å². The maximum absolute atomic E-state index is 14.2. The molecule has 0 fully saturated rings. The molecule has 20 heavy (non-hydrogen) atoms. The number of pyridine rings is 1. The van der Waals surface area contributed by atoms with E-state index < -0.39 is 5.82 Å². The Hall–Kier alpha value is -2.14. The van der Waals surface area contributed by atoms with Crippen molar-refractivity contribution < 1.29 is 13.9 Å². The van der Waals surface area contributed by atoms with Gasteiger partial charge in [-0.15, -0.1) is 0 Å². The minimum absolute atomic E-state index is 0.0556. The molecule has 106 valence electrons. The predicted octanol–water partition coefficient (Wildman–Crippen LogP) is 3.05. The summed E-state index contributed by atoms with van der Waals surface area (Å²) in [5.41, 5.74) is 1.54. The molecule has 1 aromatic heterocycles. The van der Waals surface area contributed by atoms with Crippen LogP contribution in [0.5, 0.6) is 17.4 Å². The fourth-order valence-corrected chi connectivity index (χ4v) is 1.82. The highest BCUT2D eigenvalue weighted by molar-refractivity contribution is 5.44. The molecule has 0 radical (unpaired) electrons. The van der Waals surface area contributed by atoms with Gasteiger partial charge in [-0.2, -0.15) is 0 Å². The summed E-state index contributed by atoms with van der Waals surface area (Å²) < 4.78 is 25.0. The second-order valence-corrected chi connectivity index (χ2v) is 4.38. The first-order valence-electron chi connectivity index (χ1n) is 6.26. The Morgan fingerprint density at radius 2 is 2.05 bits per heavy atom. The molecular formula is C15H17FN2O2. The minimum atomic E-state index is -0.468. The van der Waals surface area contributed by atoms with E-state index in [1.54, 1.807) is 26.3 Å². The molecule has 0 spiro atoms. The van der Waals surface area contributed by atoms with Crippen LogP contribution in [0.2, 0.25) is 0 Å². The largest absolute Gasteiger partial charge is 0.493 e. The standard InChI is InChI=1S/C15H17FN2O2/c1-10-4-5-12(13(8-10)19-3)20-15-14(16)11(9-17-2)6-7-18-15/h4-8,17H,9H2,1-3H3. The zero-order valence-corrected chi connectivity index (χ0v) is 11.7. The van der Waals surface area contributed by atoms with Crippen LogP contribution in [-0.4, -0.2) is 19.1 Å². The Kier molecular flexibility index (Phi) is 4.53. The first-order valence-corrected chi connectivity index (χ1v) is 6.26. The molecule has 2 rings (SSSR count). The highest BCUT2D eigenvalue weighted by Gasteiger charge is 2.13. The summed E-state index contributed by atoms with van der Waals surface area (Å²) in [4.78, 5) is 3.93. The number of ether oxygens (including phenoxy) is 2. The smallest absolute Gasteiger partial charge is 0.256 e. The summed E-state index contributed by atoms with van der Waals surface area (Å²) in [7, 11) is 3.30. The summed E-state index contributed by atoms with van der Waals surface area (Å²) in [6.07, 6.45) is 1.52. The van der Waals surface area contributed by atoms with Crippen molar-refractivity contribution in [2.24, 2.45) is 0 Å². The van der Waals surface area contributed by atoms with E-state index in [0.29, 0.717) is 23.6 Å². The number of nitrogens with one attached hydrogen (secondary N) is 1. The van der Waals surface area contributed by atoms with Crippen LogP contribution in [0.15, 0.2) is 30.5 Å². The summed E-state index contributed by atoms with van der Waals surface area (Å²) >= 11 is 0. The number of halogens is 1. The molecular weight excluding hydrogens is 259 g/mol. The second-order valence-electron chi connectivity index (χ2n) is 4.38. The van der Waals surface area contributed by atoms with Gasteiger partial charge in [-0.3, -0.25) is 0 Å². The number of hydrogen-bond acceptors (Lipinski definition) is 4. The third-order valence-electron chi connectivity index (χ3n) is 2.83. The molecule has 0 aliphatic rings. The molecule has 1 heterocycles. The number of aromatic nitrogens is 1. The molecule has 1 N–H and O–H groups in total. The van der Waals surface area contributed by atoms with Gasteiger partial charge in [0.25, 0.3) is 5.88 Å². The van der Waals surface area contributed by atoms with E-state index in [0.717, 1.165) is 5.56 Å². The average Bonchev–Trinajstić information content (AvgIpc) is 2.45. The number of nitrogens with zero attached hydrogens (tertiary/aromatic N) is 1. The first-order chi connectivity index (χ1) is 9.65. The molecule has 2 aromatic rings. The van der Waals surface area contributed by atoms with Crippen LogP contribution >= 0.6 is 0 Å². The van der Waals surface area contributed by atoms with Gasteiger partial charge in [-0.25, -0.2) is 9.37 Å². The lowest BCUT2D eigenvalue weighted by molar-refractivity contribution is 0.362. The van der Waals surface area contributed by atoms with Gasteiger partial charge in [0, 0.05) is 18.3 Å². The quantitative estimate of drug-likeness (QED) is 0.911. The van der Waals surface area contributed by atoms with Gasteiger partial charge in [0.15, 0.2) is 17.3 Å². The lowest BCUT2D eigenvalue weighted by Crippen LogP contribution is -2.08. The average molecular weight is 276 g/mol. The van der Waals surface area contributed by atoms with Gasteiger partial charge in [-0.1, -0.05) is 6.07 Å². The number of rotatable bonds is 5. The van der Waals surface area contributed by atoms with Gasteiger partial charge in [0.1, 0.15) is 0 Å². The Morgan fingerprint density at radius 1 is 1.25 bits per heavy atom. The van der Waals surface area contributed by atoms with E-state index >= 15 is 0 Å². The van der Waals surface area contributed by atoms with Crippen molar-refractivity contribution >= 4 is 0 Å². The molecule has 0 saturated heterocycles. The zero-order valence-electron chi connectivity index (χ0n) is 11.7. The van der Waals surface area contributed by atoms with Crippen molar-refractivity contribution in [1.29, 1.82) is 0 Å². The van der Waals surface area contributed by atoms with E-state index in [-0.39, 0.29) is 5.88 Å². The molecule has 0 bridgehead atoms. The second kappa shape index (κ2) is 6.34. The molecule has 0 unspecified atom stereocenters. The Balaban J connectivity index is 2.33. The highest BCUT2D eigenvalue weighted by atomic mass is 19.1. The minimum Gasteiger partial charge on any atom is -0.493 e. The number of aryl methyl sites for hydroxylation is 1. The molecule has 1 aromatic carbocycles. The zero-order chi connectivity index (χ0) is 14.5. The van der Waals surface area contributed by atoms with Crippen LogP contribution in [0.3, 0.4) is 0 Å². The van der Waals surface area contributed by atoms with Crippen molar-refractivity contribution in [2.75, 3.05) is 14.2 Å². The van der Waals surface area contributed by atoms with E-state index in [4.69, 9.17) is 9.47 Å². The van der Waals surface area contributed by atoms with E-state index in [9.17, 15) is 4.39 Å². The van der Waals surface area contributed by atoms with Gasteiger partial charge < -0.3 is 14.8 Å². The maximum atomic E-state index is 14.2. The van der Waals surface area contributed by atoms with E-state index in [1.165, 1.54) is 6.20 Å². The van der Waals surface area contributed by atoms with Crippen molar-refractivity contribution in [3.8, 4) is 17.4 Å². The van der Waals surface area contributed by atoms with Crippen molar-refractivity contribution in [1.82, 2.24) is 10.3 Å². The van der Waals surface area contributed by atoms with Crippen LogP contribution < -0.4 is 14.8 Å². The lowest BCUT2D eigenvalue weighted by Gasteiger charge is -2.12. The summed E-state index contributed by atoms with van der Waals surface area (Å²) in [5, 5.41) is 2.90. The monoisotopic (exact) mass is 276 g/mol. The molecule has 0 saturated carbocycles. The topological polar surface area (TPSA) is 43.4 Å². The Morgan fingerprint density at radius 3 is 2.75 bits per heavy atom. The molecule has 0 aliphatic heterocycles. The van der Waals surface area contributed by atoms with Crippen LogP contribution in [0.4, 0.5) is 4.39 Å². The summed E-state index contributed by atoms with van der Waals surface area (Å²) in [5.74, 6) is 0.459.